The van der Waals surface area contributed by atoms with Gasteiger partial charge >= 0.3 is 0 Å². The number of anilines is 2. The standard InChI is InChI=1S/C11H11Br2N5O2S/c1-6-8(13)2-3-10(16-6)18-21(19,20)9-4-7(12)5-15-11(9)17-14/h2-5H,14H2,1H3,(H,15,17)(H,16,18). The smallest absolute Gasteiger partial charge is 0.266 e. The van der Waals surface area contributed by atoms with Crippen molar-refractivity contribution in [2.45, 2.75) is 11.8 Å². The van der Waals surface area contributed by atoms with Gasteiger partial charge in [-0.25, -0.2) is 24.2 Å². The Balaban J connectivity index is 2.42. The normalized spacial score (nSPS) is 11.2. The number of sulfonamides is 1. The zero-order chi connectivity index (χ0) is 15.6. The molecule has 2 aromatic heterocycles. The van der Waals surface area contributed by atoms with E-state index in [9.17, 15) is 8.42 Å². The molecular weight excluding hydrogens is 426 g/mol. The van der Waals surface area contributed by atoms with Gasteiger partial charge in [0.1, 0.15) is 10.7 Å². The molecule has 0 radical (unpaired) electrons. The molecule has 0 bridgehead atoms. The van der Waals surface area contributed by atoms with Crippen LogP contribution in [0.2, 0.25) is 0 Å². The highest BCUT2D eigenvalue weighted by Crippen LogP contribution is 2.25. The summed E-state index contributed by atoms with van der Waals surface area (Å²) in [5.41, 5.74) is 2.92. The van der Waals surface area contributed by atoms with Crippen LogP contribution in [0.5, 0.6) is 0 Å². The molecule has 0 spiro atoms. The van der Waals surface area contributed by atoms with Gasteiger partial charge in [0.05, 0.1) is 5.69 Å². The zero-order valence-electron chi connectivity index (χ0n) is 10.8. The molecule has 21 heavy (non-hydrogen) atoms. The van der Waals surface area contributed by atoms with Crippen LogP contribution < -0.4 is 16.0 Å². The maximum atomic E-state index is 12.4. The fourth-order valence-corrected chi connectivity index (χ4v) is 3.38. The lowest BCUT2D eigenvalue weighted by molar-refractivity contribution is 0.601. The van der Waals surface area contributed by atoms with E-state index in [0.29, 0.717) is 10.2 Å². The second kappa shape index (κ2) is 6.26. The number of nitrogens with zero attached hydrogens (tertiary/aromatic N) is 2. The molecule has 0 aliphatic rings. The molecule has 0 unspecified atom stereocenters. The number of nitrogen functional groups attached to an aromatic ring is 1. The monoisotopic (exact) mass is 435 g/mol. The average Bonchev–Trinajstić information content (AvgIpc) is 2.42. The molecule has 0 saturated carbocycles. The first-order valence-corrected chi connectivity index (χ1v) is 8.68. The van der Waals surface area contributed by atoms with Gasteiger partial charge in [-0.05, 0) is 57.0 Å². The summed E-state index contributed by atoms with van der Waals surface area (Å²) in [6.45, 7) is 1.76. The van der Waals surface area contributed by atoms with E-state index in [1.54, 1.807) is 19.1 Å². The minimum Gasteiger partial charge on any atom is -0.307 e. The molecule has 0 amide bonds. The summed E-state index contributed by atoms with van der Waals surface area (Å²) < 4.78 is 28.5. The lowest BCUT2D eigenvalue weighted by Gasteiger charge is -2.11. The summed E-state index contributed by atoms with van der Waals surface area (Å²) in [5, 5.41) is 0. The molecule has 0 aromatic carbocycles. The molecule has 2 aromatic rings. The number of pyridine rings is 2. The Morgan fingerprint density at radius 2 is 2.00 bits per heavy atom. The molecule has 0 aliphatic heterocycles. The molecular formula is C11H11Br2N5O2S. The number of hydrazine groups is 1. The van der Waals surface area contributed by atoms with Gasteiger partial charge in [-0.15, -0.1) is 0 Å². The minimum absolute atomic E-state index is 0.0412. The van der Waals surface area contributed by atoms with Gasteiger partial charge in [0, 0.05) is 15.1 Å². The summed E-state index contributed by atoms with van der Waals surface area (Å²) >= 11 is 6.48. The Morgan fingerprint density at radius 3 is 2.62 bits per heavy atom. The van der Waals surface area contributed by atoms with Gasteiger partial charge in [0.25, 0.3) is 10.0 Å². The van der Waals surface area contributed by atoms with Crippen molar-refractivity contribution in [3.63, 3.8) is 0 Å². The van der Waals surface area contributed by atoms with E-state index in [0.717, 1.165) is 4.47 Å². The van der Waals surface area contributed by atoms with Crippen LogP contribution >= 0.6 is 31.9 Å². The third-order valence-electron chi connectivity index (χ3n) is 2.51. The molecule has 112 valence electrons. The van der Waals surface area contributed by atoms with Gasteiger partial charge in [-0.3, -0.25) is 4.72 Å². The molecule has 7 nitrogen and oxygen atoms in total. The number of halogens is 2. The highest BCUT2D eigenvalue weighted by Gasteiger charge is 2.21. The van der Waals surface area contributed by atoms with Crippen molar-refractivity contribution >= 4 is 53.5 Å². The summed E-state index contributed by atoms with van der Waals surface area (Å²) in [5.74, 6) is 5.54. The average molecular weight is 437 g/mol. The minimum atomic E-state index is -3.87. The molecule has 0 fully saturated rings. The third kappa shape index (κ3) is 3.70. The SMILES string of the molecule is Cc1nc(NS(=O)(=O)c2cc(Br)cnc2NN)ccc1Br. The molecule has 2 rings (SSSR count). The Morgan fingerprint density at radius 1 is 1.29 bits per heavy atom. The van der Waals surface area contributed by atoms with Crippen LogP contribution in [0.25, 0.3) is 0 Å². The fraction of sp³-hybridized carbons (Fsp3) is 0.0909. The van der Waals surface area contributed by atoms with E-state index >= 15 is 0 Å². The van der Waals surface area contributed by atoms with Crippen molar-refractivity contribution in [3.8, 4) is 0 Å². The summed E-state index contributed by atoms with van der Waals surface area (Å²) in [6, 6.07) is 4.66. The van der Waals surface area contributed by atoms with Crippen molar-refractivity contribution in [3.05, 3.63) is 39.0 Å². The van der Waals surface area contributed by atoms with Gasteiger partial charge in [0.2, 0.25) is 0 Å². The summed E-state index contributed by atoms with van der Waals surface area (Å²) in [6.07, 6.45) is 1.44. The Hall–Kier alpha value is -1.23. The number of hydrogen-bond donors (Lipinski definition) is 3. The molecule has 0 saturated heterocycles. The predicted molar refractivity (Wildman–Crippen MR) is 87.2 cm³/mol. The summed E-state index contributed by atoms with van der Waals surface area (Å²) in [4.78, 5) is 7.96. The topological polar surface area (TPSA) is 110 Å². The lowest BCUT2D eigenvalue weighted by Crippen LogP contribution is -2.19. The van der Waals surface area contributed by atoms with Crippen molar-refractivity contribution in [1.82, 2.24) is 9.97 Å². The van der Waals surface area contributed by atoms with Crippen LogP contribution in [-0.4, -0.2) is 18.4 Å². The van der Waals surface area contributed by atoms with Crippen LogP contribution in [0.1, 0.15) is 5.69 Å². The Kier molecular flexibility index (Phi) is 4.81. The number of aromatic nitrogens is 2. The third-order valence-corrected chi connectivity index (χ3v) is 5.15. The fourth-order valence-electron chi connectivity index (χ4n) is 1.53. The molecule has 0 aliphatic carbocycles. The van der Waals surface area contributed by atoms with Crippen LogP contribution in [-0.2, 0) is 10.0 Å². The molecule has 4 N–H and O–H groups in total. The van der Waals surface area contributed by atoms with Crippen molar-refractivity contribution in [1.29, 1.82) is 0 Å². The van der Waals surface area contributed by atoms with Gasteiger partial charge < -0.3 is 5.43 Å². The Bertz CT molecular complexity index is 782. The maximum Gasteiger partial charge on any atom is 0.266 e. The summed E-state index contributed by atoms with van der Waals surface area (Å²) in [7, 11) is -3.87. The number of aryl methyl sites for hydroxylation is 1. The number of rotatable bonds is 4. The van der Waals surface area contributed by atoms with E-state index in [1.165, 1.54) is 12.3 Å². The quantitative estimate of drug-likeness (QED) is 0.501. The van der Waals surface area contributed by atoms with Crippen LogP contribution in [0.3, 0.4) is 0 Å². The molecule has 10 heteroatoms. The largest absolute Gasteiger partial charge is 0.307 e. The first kappa shape index (κ1) is 16.1. The molecule has 0 atom stereocenters. The van der Waals surface area contributed by atoms with Gasteiger partial charge in [-0.1, -0.05) is 0 Å². The van der Waals surface area contributed by atoms with Gasteiger partial charge in [0.15, 0.2) is 5.82 Å². The number of nitrogens with two attached hydrogens (primary N) is 1. The van der Waals surface area contributed by atoms with E-state index in [2.05, 4.69) is 52.0 Å². The zero-order valence-corrected chi connectivity index (χ0v) is 14.8. The van der Waals surface area contributed by atoms with Crippen LogP contribution in [0.15, 0.2) is 38.2 Å². The number of nitrogens with one attached hydrogen (secondary N) is 2. The van der Waals surface area contributed by atoms with Crippen molar-refractivity contribution in [2.24, 2.45) is 5.84 Å². The van der Waals surface area contributed by atoms with E-state index in [-0.39, 0.29) is 16.5 Å². The Labute approximate surface area is 138 Å². The van der Waals surface area contributed by atoms with E-state index in [1.807, 2.05) is 0 Å². The maximum absolute atomic E-state index is 12.4. The van der Waals surface area contributed by atoms with Crippen LogP contribution in [0.4, 0.5) is 11.6 Å². The van der Waals surface area contributed by atoms with Crippen molar-refractivity contribution < 1.29 is 8.42 Å². The second-order valence-corrected chi connectivity index (χ2v) is 7.43. The molecule has 2 heterocycles. The first-order chi connectivity index (χ1) is 9.83. The number of hydrogen-bond acceptors (Lipinski definition) is 6. The van der Waals surface area contributed by atoms with Crippen molar-refractivity contribution in [2.75, 3.05) is 10.1 Å². The predicted octanol–water partition coefficient (Wildman–Crippen LogP) is 2.40. The highest BCUT2D eigenvalue weighted by atomic mass is 79.9. The van der Waals surface area contributed by atoms with E-state index in [4.69, 9.17) is 5.84 Å². The highest BCUT2D eigenvalue weighted by molar-refractivity contribution is 9.10. The second-order valence-electron chi connectivity index (χ2n) is 4.01. The first-order valence-electron chi connectivity index (χ1n) is 5.61. The van der Waals surface area contributed by atoms with Gasteiger partial charge in [-0.2, -0.15) is 0 Å². The lowest BCUT2D eigenvalue weighted by atomic mass is 10.4. The van der Waals surface area contributed by atoms with E-state index < -0.39 is 10.0 Å². The van der Waals surface area contributed by atoms with Crippen LogP contribution in [0, 0.1) is 6.92 Å².